The molecular weight excluding hydrogens is 290 g/mol. The van der Waals surface area contributed by atoms with Gasteiger partial charge >= 0.3 is 5.97 Å². The van der Waals surface area contributed by atoms with Crippen LogP contribution in [0.15, 0.2) is 17.5 Å². The molecule has 0 spiro atoms. The second-order valence-corrected chi connectivity index (χ2v) is 5.99. The maximum atomic E-state index is 12.5. The predicted octanol–water partition coefficient (Wildman–Crippen LogP) is 2.59. The Morgan fingerprint density at radius 3 is 2.76 bits per heavy atom. The van der Waals surface area contributed by atoms with Gasteiger partial charge in [0.2, 0.25) is 0 Å². The highest BCUT2D eigenvalue weighted by atomic mass is 32.1. The highest BCUT2D eigenvalue weighted by Gasteiger charge is 2.17. The first-order valence-corrected chi connectivity index (χ1v) is 7.59. The maximum Gasteiger partial charge on any atom is 0.328 e. The normalized spacial score (nSPS) is 11.2. The average Bonchev–Trinajstić information content (AvgIpc) is 2.88. The summed E-state index contributed by atoms with van der Waals surface area (Å²) in [6, 6.07) is 1.71. The fraction of sp³-hybridized carbons (Fsp3) is 0.467. The minimum absolute atomic E-state index is 0.0491. The fourth-order valence-electron chi connectivity index (χ4n) is 1.81. The number of rotatable bonds is 8. The van der Waals surface area contributed by atoms with Gasteiger partial charge in [-0.25, -0.2) is 4.79 Å². The number of carbonyl (C=O) groups is 2. The lowest BCUT2D eigenvalue weighted by molar-refractivity contribution is -0.131. The van der Waals surface area contributed by atoms with E-state index >= 15 is 0 Å². The first kappa shape index (κ1) is 17.4. The summed E-state index contributed by atoms with van der Waals surface area (Å²) in [5.74, 6) is -0.680. The summed E-state index contributed by atoms with van der Waals surface area (Å²) in [5.41, 5.74) is 0.585. The SMILES string of the molecule is COCCN(CC(C)C)C(=O)c1csc(C=CC(=O)O)c1. The number of thiophene rings is 1. The molecule has 5 nitrogen and oxygen atoms in total. The zero-order valence-electron chi connectivity index (χ0n) is 12.5. The molecule has 6 heteroatoms. The van der Waals surface area contributed by atoms with E-state index < -0.39 is 5.97 Å². The molecule has 116 valence electrons. The van der Waals surface area contributed by atoms with Crippen molar-refractivity contribution in [1.29, 1.82) is 0 Å². The molecule has 0 saturated heterocycles. The summed E-state index contributed by atoms with van der Waals surface area (Å²) in [7, 11) is 1.61. The van der Waals surface area contributed by atoms with Gasteiger partial charge in [0.25, 0.3) is 5.91 Å². The molecule has 0 radical (unpaired) electrons. The third-order valence-corrected chi connectivity index (χ3v) is 3.59. The van der Waals surface area contributed by atoms with E-state index in [4.69, 9.17) is 9.84 Å². The first-order chi connectivity index (χ1) is 9.93. The minimum atomic E-state index is -1.00. The van der Waals surface area contributed by atoms with E-state index in [1.807, 2.05) is 0 Å². The molecule has 21 heavy (non-hydrogen) atoms. The second kappa shape index (κ2) is 8.59. The summed E-state index contributed by atoms with van der Waals surface area (Å²) in [4.78, 5) is 25.5. The number of ether oxygens (including phenoxy) is 1. The van der Waals surface area contributed by atoms with Crippen molar-refractivity contribution in [2.24, 2.45) is 5.92 Å². The van der Waals surface area contributed by atoms with Crippen LogP contribution in [0.2, 0.25) is 0 Å². The van der Waals surface area contributed by atoms with Crippen LogP contribution in [0.4, 0.5) is 0 Å². The van der Waals surface area contributed by atoms with Crippen LogP contribution in [-0.4, -0.2) is 48.7 Å². The van der Waals surface area contributed by atoms with Gasteiger partial charge in [0.1, 0.15) is 0 Å². The molecular formula is C15H21NO4S. The molecule has 1 aromatic rings. The number of methoxy groups -OCH3 is 1. The minimum Gasteiger partial charge on any atom is -0.478 e. The molecule has 0 saturated carbocycles. The summed E-state index contributed by atoms with van der Waals surface area (Å²) in [6.07, 6.45) is 2.56. The quantitative estimate of drug-likeness (QED) is 0.749. The number of aliphatic carboxylic acids is 1. The highest BCUT2D eigenvalue weighted by Crippen LogP contribution is 2.18. The van der Waals surface area contributed by atoms with E-state index in [1.54, 1.807) is 23.5 Å². The molecule has 0 unspecified atom stereocenters. The van der Waals surface area contributed by atoms with Gasteiger partial charge in [-0.1, -0.05) is 13.8 Å². The Bertz CT molecular complexity index is 508. The number of hydrogen-bond donors (Lipinski definition) is 1. The van der Waals surface area contributed by atoms with E-state index in [1.165, 1.54) is 17.4 Å². The Labute approximate surface area is 128 Å². The van der Waals surface area contributed by atoms with Crippen molar-refractivity contribution in [1.82, 2.24) is 4.90 Å². The highest BCUT2D eigenvalue weighted by molar-refractivity contribution is 7.11. The lowest BCUT2D eigenvalue weighted by Gasteiger charge is -2.23. The summed E-state index contributed by atoms with van der Waals surface area (Å²) in [5, 5.41) is 10.4. The Morgan fingerprint density at radius 1 is 1.48 bits per heavy atom. The first-order valence-electron chi connectivity index (χ1n) is 6.71. The van der Waals surface area contributed by atoms with Crippen molar-refractivity contribution in [3.05, 3.63) is 28.0 Å². The lowest BCUT2D eigenvalue weighted by atomic mass is 10.2. The molecule has 1 amide bonds. The maximum absolute atomic E-state index is 12.5. The fourth-order valence-corrected chi connectivity index (χ4v) is 2.58. The lowest BCUT2D eigenvalue weighted by Crippen LogP contribution is -2.36. The summed E-state index contributed by atoms with van der Waals surface area (Å²) < 4.78 is 5.04. The average molecular weight is 311 g/mol. The zero-order valence-corrected chi connectivity index (χ0v) is 13.4. The van der Waals surface area contributed by atoms with Crippen LogP contribution in [0.1, 0.15) is 29.1 Å². The largest absolute Gasteiger partial charge is 0.478 e. The summed E-state index contributed by atoms with van der Waals surface area (Å²) >= 11 is 1.35. The Morgan fingerprint density at radius 2 is 2.19 bits per heavy atom. The Kier molecular flexibility index (Phi) is 7.11. The van der Waals surface area contributed by atoms with Gasteiger partial charge in [-0.05, 0) is 18.1 Å². The van der Waals surface area contributed by atoms with E-state index in [9.17, 15) is 9.59 Å². The number of amides is 1. The van der Waals surface area contributed by atoms with Gasteiger partial charge in [-0.2, -0.15) is 0 Å². The second-order valence-electron chi connectivity index (χ2n) is 5.05. The van der Waals surface area contributed by atoms with Crippen LogP contribution in [0.5, 0.6) is 0 Å². The predicted molar refractivity (Wildman–Crippen MR) is 83.6 cm³/mol. The molecule has 0 aliphatic heterocycles. The van der Waals surface area contributed by atoms with Crippen LogP contribution >= 0.6 is 11.3 Å². The topological polar surface area (TPSA) is 66.8 Å². The molecule has 1 aromatic heterocycles. The van der Waals surface area contributed by atoms with Crippen LogP contribution in [0, 0.1) is 5.92 Å². The number of carbonyl (C=O) groups excluding carboxylic acids is 1. The van der Waals surface area contributed by atoms with Crippen molar-refractivity contribution in [2.45, 2.75) is 13.8 Å². The van der Waals surface area contributed by atoms with Gasteiger partial charge in [0.05, 0.1) is 12.2 Å². The van der Waals surface area contributed by atoms with Gasteiger partial charge in [0.15, 0.2) is 0 Å². The molecule has 0 aliphatic carbocycles. The van der Waals surface area contributed by atoms with E-state index in [0.717, 1.165) is 11.0 Å². The van der Waals surface area contributed by atoms with Crippen molar-refractivity contribution >= 4 is 29.3 Å². The van der Waals surface area contributed by atoms with Crippen LogP contribution in [0.3, 0.4) is 0 Å². The molecule has 1 heterocycles. The van der Waals surface area contributed by atoms with E-state index in [0.29, 0.717) is 31.2 Å². The van der Waals surface area contributed by atoms with Crippen molar-refractivity contribution in [3.8, 4) is 0 Å². The van der Waals surface area contributed by atoms with Crippen molar-refractivity contribution in [3.63, 3.8) is 0 Å². The van der Waals surface area contributed by atoms with E-state index in [-0.39, 0.29) is 5.91 Å². The molecule has 0 aromatic carbocycles. The number of nitrogens with zero attached hydrogens (tertiary/aromatic N) is 1. The standard InChI is InChI=1S/C15H21NO4S/c1-11(2)9-16(6-7-20-3)15(19)12-8-13(21-10-12)4-5-14(17)18/h4-5,8,10-11H,6-7,9H2,1-3H3,(H,17,18). The number of carboxylic acids is 1. The summed E-state index contributed by atoms with van der Waals surface area (Å²) in [6.45, 7) is 5.82. The van der Waals surface area contributed by atoms with E-state index in [2.05, 4.69) is 13.8 Å². The van der Waals surface area contributed by atoms with Crippen LogP contribution in [-0.2, 0) is 9.53 Å². The van der Waals surface area contributed by atoms with Gasteiger partial charge in [0, 0.05) is 36.5 Å². The third kappa shape index (κ3) is 6.10. The Balaban J connectivity index is 2.80. The van der Waals surface area contributed by atoms with Gasteiger partial charge < -0.3 is 14.7 Å². The van der Waals surface area contributed by atoms with Crippen molar-refractivity contribution in [2.75, 3.05) is 26.8 Å². The molecule has 0 bridgehead atoms. The third-order valence-electron chi connectivity index (χ3n) is 2.69. The molecule has 1 rings (SSSR count). The van der Waals surface area contributed by atoms with Crippen LogP contribution < -0.4 is 0 Å². The molecule has 0 aliphatic rings. The van der Waals surface area contributed by atoms with Gasteiger partial charge in [-0.3, -0.25) is 4.79 Å². The van der Waals surface area contributed by atoms with Crippen molar-refractivity contribution < 1.29 is 19.4 Å². The monoisotopic (exact) mass is 311 g/mol. The smallest absolute Gasteiger partial charge is 0.328 e. The van der Waals surface area contributed by atoms with Crippen LogP contribution in [0.25, 0.3) is 6.08 Å². The molecule has 0 fully saturated rings. The number of carboxylic acid groups (broad SMARTS) is 1. The molecule has 1 N–H and O–H groups in total. The number of hydrogen-bond acceptors (Lipinski definition) is 4. The van der Waals surface area contributed by atoms with Gasteiger partial charge in [-0.15, -0.1) is 11.3 Å². The zero-order chi connectivity index (χ0) is 15.8. The molecule has 0 atom stereocenters. The Hall–Kier alpha value is -1.66.